The summed E-state index contributed by atoms with van der Waals surface area (Å²) in [6.45, 7) is 1.86. The molecule has 0 radical (unpaired) electrons. The van der Waals surface area contributed by atoms with Gasteiger partial charge in [0.05, 0.1) is 12.3 Å². The molecular formula is C22H22N2O4. The quantitative estimate of drug-likeness (QED) is 0.280. The Hall–Kier alpha value is -3.38. The van der Waals surface area contributed by atoms with Gasteiger partial charge in [-0.25, -0.2) is 0 Å². The summed E-state index contributed by atoms with van der Waals surface area (Å²) in [4.78, 5) is 28.5. The zero-order valence-electron chi connectivity index (χ0n) is 15.6. The molecule has 0 saturated carbocycles. The summed E-state index contributed by atoms with van der Waals surface area (Å²) in [5, 5.41) is 2.91. The minimum Gasteiger partial charge on any atom is -0.466 e. The second-order valence-corrected chi connectivity index (χ2v) is 6.29. The average molecular weight is 378 g/mol. The van der Waals surface area contributed by atoms with Gasteiger partial charge in [-0.1, -0.05) is 54.6 Å². The van der Waals surface area contributed by atoms with Crippen molar-refractivity contribution in [1.29, 1.82) is 0 Å². The standard InChI is InChI=1S/C22H22N2O4/c1-16(26)27-12-11-19-18-9-5-6-10-20(18)22(13-21(19)23)24(15-25)28-14-17-7-3-2-4-8-17/h2-10,13,15H,11-12,14,23H2,1H3. The zero-order chi connectivity index (χ0) is 19.9. The monoisotopic (exact) mass is 378 g/mol. The van der Waals surface area contributed by atoms with Crippen LogP contribution in [0.5, 0.6) is 0 Å². The Balaban J connectivity index is 1.91. The number of ether oxygens (including phenoxy) is 1. The normalized spacial score (nSPS) is 10.6. The molecule has 0 unspecified atom stereocenters. The molecule has 6 nitrogen and oxygen atoms in total. The van der Waals surface area contributed by atoms with Gasteiger partial charge < -0.3 is 10.5 Å². The number of fused-ring (bicyclic) bond motifs is 1. The number of carbonyl (C=O) groups excluding carboxylic acids is 2. The van der Waals surface area contributed by atoms with E-state index >= 15 is 0 Å². The van der Waals surface area contributed by atoms with Crippen LogP contribution in [0.4, 0.5) is 11.4 Å². The van der Waals surface area contributed by atoms with Crippen molar-refractivity contribution in [1.82, 2.24) is 0 Å². The average Bonchev–Trinajstić information content (AvgIpc) is 2.71. The molecule has 6 heteroatoms. The first-order valence-electron chi connectivity index (χ1n) is 8.95. The van der Waals surface area contributed by atoms with Crippen LogP contribution in [-0.4, -0.2) is 19.0 Å². The van der Waals surface area contributed by atoms with E-state index in [1.165, 1.54) is 12.0 Å². The van der Waals surface area contributed by atoms with Gasteiger partial charge in [0.25, 0.3) is 0 Å². The molecule has 0 bridgehead atoms. The molecule has 0 atom stereocenters. The van der Waals surface area contributed by atoms with E-state index in [0.717, 1.165) is 21.9 Å². The zero-order valence-corrected chi connectivity index (χ0v) is 15.6. The first-order valence-corrected chi connectivity index (χ1v) is 8.95. The van der Waals surface area contributed by atoms with Gasteiger partial charge in [-0.05, 0) is 22.6 Å². The molecule has 3 rings (SSSR count). The summed E-state index contributed by atoms with van der Waals surface area (Å²) in [7, 11) is 0. The lowest BCUT2D eigenvalue weighted by molar-refractivity contribution is -0.140. The molecule has 0 aromatic heterocycles. The van der Waals surface area contributed by atoms with E-state index in [2.05, 4.69) is 0 Å². The lowest BCUT2D eigenvalue weighted by Crippen LogP contribution is -2.22. The fourth-order valence-electron chi connectivity index (χ4n) is 3.07. The summed E-state index contributed by atoms with van der Waals surface area (Å²) in [6, 6.07) is 18.9. The third-order valence-corrected chi connectivity index (χ3v) is 4.37. The number of amides is 1. The highest BCUT2D eigenvalue weighted by Gasteiger charge is 2.16. The van der Waals surface area contributed by atoms with E-state index in [1.807, 2.05) is 54.6 Å². The number of hydroxylamine groups is 1. The summed E-state index contributed by atoms with van der Waals surface area (Å²) in [6.07, 6.45) is 1.11. The lowest BCUT2D eigenvalue weighted by Gasteiger charge is -2.21. The molecule has 0 heterocycles. The Bertz CT molecular complexity index is 973. The highest BCUT2D eigenvalue weighted by molar-refractivity contribution is 6.02. The van der Waals surface area contributed by atoms with Crippen molar-refractivity contribution in [3.8, 4) is 0 Å². The first-order chi connectivity index (χ1) is 13.6. The number of esters is 1. The van der Waals surface area contributed by atoms with Crippen molar-refractivity contribution in [2.45, 2.75) is 20.0 Å². The topological polar surface area (TPSA) is 81.9 Å². The number of anilines is 2. The summed E-state index contributed by atoms with van der Waals surface area (Å²) < 4.78 is 5.05. The summed E-state index contributed by atoms with van der Waals surface area (Å²) in [5.41, 5.74) is 9.16. The third kappa shape index (κ3) is 4.47. The Morgan fingerprint density at radius 1 is 1.07 bits per heavy atom. The third-order valence-electron chi connectivity index (χ3n) is 4.37. The van der Waals surface area contributed by atoms with Gasteiger partial charge in [-0.2, -0.15) is 5.06 Å². The van der Waals surface area contributed by atoms with Gasteiger partial charge in [-0.3, -0.25) is 14.4 Å². The molecule has 0 fully saturated rings. The molecule has 0 aliphatic rings. The molecule has 0 saturated heterocycles. The Morgan fingerprint density at radius 2 is 1.75 bits per heavy atom. The van der Waals surface area contributed by atoms with E-state index in [-0.39, 0.29) is 19.2 Å². The number of hydrogen-bond acceptors (Lipinski definition) is 5. The molecule has 1 amide bonds. The maximum Gasteiger partial charge on any atom is 0.302 e. The number of nitrogen functional groups attached to an aromatic ring is 1. The molecule has 3 aromatic rings. The van der Waals surface area contributed by atoms with Crippen LogP contribution in [-0.2, 0) is 32.2 Å². The highest BCUT2D eigenvalue weighted by Crippen LogP contribution is 2.34. The Labute approximate surface area is 163 Å². The number of benzene rings is 3. The summed E-state index contributed by atoms with van der Waals surface area (Å²) in [5.74, 6) is -0.332. The second-order valence-electron chi connectivity index (χ2n) is 6.29. The second kappa shape index (κ2) is 9.01. The van der Waals surface area contributed by atoms with Gasteiger partial charge in [0, 0.05) is 24.4 Å². The van der Waals surface area contributed by atoms with Crippen molar-refractivity contribution in [2.75, 3.05) is 17.4 Å². The SMILES string of the molecule is CC(=O)OCCc1c(N)cc(N(C=O)OCc2ccccc2)c2ccccc12. The molecule has 0 aliphatic carbocycles. The van der Waals surface area contributed by atoms with Crippen LogP contribution < -0.4 is 10.8 Å². The molecule has 2 N–H and O–H groups in total. The number of nitrogens with zero attached hydrogens (tertiary/aromatic N) is 1. The Morgan fingerprint density at radius 3 is 2.43 bits per heavy atom. The number of rotatable bonds is 8. The van der Waals surface area contributed by atoms with E-state index in [9.17, 15) is 9.59 Å². The lowest BCUT2D eigenvalue weighted by atomic mass is 9.99. The van der Waals surface area contributed by atoms with Gasteiger partial charge in [0.1, 0.15) is 6.61 Å². The predicted molar refractivity (Wildman–Crippen MR) is 108 cm³/mol. The van der Waals surface area contributed by atoms with Gasteiger partial charge in [0.15, 0.2) is 0 Å². The molecule has 3 aromatic carbocycles. The number of hydrogen-bond donors (Lipinski definition) is 1. The van der Waals surface area contributed by atoms with E-state index in [1.54, 1.807) is 6.07 Å². The fourth-order valence-corrected chi connectivity index (χ4v) is 3.07. The van der Waals surface area contributed by atoms with Crippen molar-refractivity contribution in [3.05, 3.63) is 71.8 Å². The van der Waals surface area contributed by atoms with Crippen molar-refractivity contribution >= 4 is 34.5 Å². The van der Waals surface area contributed by atoms with Crippen molar-refractivity contribution in [3.63, 3.8) is 0 Å². The Kier molecular flexibility index (Phi) is 6.24. The van der Waals surface area contributed by atoms with E-state index < -0.39 is 0 Å². The predicted octanol–water partition coefficient (Wildman–Crippen LogP) is 3.62. The smallest absolute Gasteiger partial charge is 0.302 e. The highest BCUT2D eigenvalue weighted by atomic mass is 16.7. The number of carbonyl (C=O) groups is 2. The molecule has 0 aliphatic heterocycles. The van der Waals surface area contributed by atoms with Crippen LogP contribution in [0.1, 0.15) is 18.1 Å². The van der Waals surface area contributed by atoms with Crippen LogP contribution in [0, 0.1) is 0 Å². The van der Waals surface area contributed by atoms with Gasteiger partial charge >= 0.3 is 5.97 Å². The minimum absolute atomic E-state index is 0.241. The van der Waals surface area contributed by atoms with Crippen molar-refractivity contribution in [2.24, 2.45) is 0 Å². The molecule has 144 valence electrons. The molecular weight excluding hydrogens is 356 g/mol. The van der Waals surface area contributed by atoms with Crippen LogP contribution in [0.2, 0.25) is 0 Å². The number of nitrogens with two attached hydrogens (primary N) is 1. The van der Waals surface area contributed by atoms with Gasteiger partial charge in [0.2, 0.25) is 6.41 Å². The van der Waals surface area contributed by atoms with Crippen LogP contribution in [0.3, 0.4) is 0 Å². The van der Waals surface area contributed by atoms with Crippen LogP contribution in [0.25, 0.3) is 10.8 Å². The van der Waals surface area contributed by atoms with Crippen molar-refractivity contribution < 1.29 is 19.2 Å². The van der Waals surface area contributed by atoms with Gasteiger partial charge in [-0.15, -0.1) is 0 Å². The molecule has 0 spiro atoms. The first kappa shape index (κ1) is 19.4. The maximum atomic E-state index is 11.7. The largest absolute Gasteiger partial charge is 0.466 e. The minimum atomic E-state index is -0.332. The van der Waals surface area contributed by atoms with Crippen LogP contribution in [0.15, 0.2) is 60.7 Å². The maximum absolute atomic E-state index is 11.7. The summed E-state index contributed by atoms with van der Waals surface area (Å²) >= 11 is 0. The van der Waals surface area contributed by atoms with E-state index in [4.69, 9.17) is 15.3 Å². The van der Waals surface area contributed by atoms with Crippen LogP contribution >= 0.6 is 0 Å². The molecule has 28 heavy (non-hydrogen) atoms. The van der Waals surface area contributed by atoms with E-state index in [0.29, 0.717) is 24.2 Å². The fraction of sp³-hybridized carbons (Fsp3) is 0.182.